The van der Waals surface area contributed by atoms with E-state index < -0.39 is 6.29 Å². The van der Waals surface area contributed by atoms with E-state index in [1.807, 2.05) is 0 Å². The fourth-order valence-electron chi connectivity index (χ4n) is 1.85. The second kappa shape index (κ2) is 3.68. The minimum absolute atomic E-state index is 0.561. The molecule has 4 nitrogen and oxygen atoms in total. The number of ether oxygens (including phenoxy) is 1. The molecule has 1 aliphatic heterocycles. The van der Waals surface area contributed by atoms with Gasteiger partial charge in [0.2, 0.25) is 6.29 Å². The third-order valence-corrected chi connectivity index (χ3v) is 2.87. The summed E-state index contributed by atoms with van der Waals surface area (Å²) in [5.74, 6) is 1.22. The predicted molar refractivity (Wildman–Crippen MR) is 62.8 cm³/mol. The Kier molecular flexibility index (Phi) is 2.28. The lowest BCUT2D eigenvalue weighted by atomic mass is 10.0. The Bertz CT molecular complexity index is 601. The van der Waals surface area contributed by atoms with Crippen molar-refractivity contribution in [2.24, 2.45) is 0 Å². The van der Waals surface area contributed by atoms with Crippen LogP contribution in [0.3, 0.4) is 0 Å². The zero-order valence-corrected chi connectivity index (χ0v) is 9.77. The van der Waals surface area contributed by atoms with Crippen LogP contribution in [0.4, 0.5) is 0 Å². The molecule has 1 aromatic heterocycles. The highest BCUT2D eigenvalue weighted by Crippen LogP contribution is 2.41. The van der Waals surface area contributed by atoms with Crippen molar-refractivity contribution in [2.75, 3.05) is 0 Å². The minimum Gasteiger partial charge on any atom is -0.460 e. The van der Waals surface area contributed by atoms with Gasteiger partial charge in [0.05, 0.1) is 11.3 Å². The molecule has 3 rings (SSSR count). The van der Waals surface area contributed by atoms with Crippen LogP contribution in [0.2, 0.25) is 5.02 Å². The molecule has 86 valence electrons. The van der Waals surface area contributed by atoms with Crippen molar-refractivity contribution in [1.82, 2.24) is 9.97 Å². The third kappa shape index (κ3) is 1.66. The Morgan fingerprint density at radius 1 is 1.41 bits per heavy atom. The van der Waals surface area contributed by atoms with Gasteiger partial charge in [-0.1, -0.05) is 11.6 Å². The van der Waals surface area contributed by atoms with Crippen LogP contribution in [-0.4, -0.2) is 15.1 Å². The average Bonchev–Trinajstić information content (AvgIpc) is 2.30. The Balaban J connectivity index is 2.30. The van der Waals surface area contributed by atoms with Crippen molar-refractivity contribution in [3.05, 3.63) is 40.8 Å². The van der Waals surface area contributed by atoms with E-state index in [1.165, 1.54) is 0 Å². The van der Waals surface area contributed by atoms with Crippen molar-refractivity contribution in [1.29, 1.82) is 0 Å². The van der Waals surface area contributed by atoms with Crippen LogP contribution in [0, 0.1) is 6.92 Å². The molecule has 1 aromatic carbocycles. The van der Waals surface area contributed by atoms with E-state index in [-0.39, 0.29) is 0 Å². The number of aryl methyl sites for hydroxylation is 1. The molecule has 1 aliphatic rings. The van der Waals surface area contributed by atoms with Crippen LogP contribution in [0.1, 0.15) is 17.7 Å². The maximum Gasteiger partial charge on any atom is 0.227 e. The summed E-state index contributed by atoms with van der Waals surface area (Å²) in [5.41, 5.74) is 2.02. The zero-order valence-electron chi connectivity index (χ0n) is 9.01. The van der Waals surface area contributed by atoms with Gasteiger partial charge < -0.3 is 9.84 Å². The summed E-state index contributed by atoms with van der Waals surface area (Å²) in [7, 11) is 0. The number of fused-ring (bicyclic) bond motifs is 3. The molecule has 0 bridgehead atoms. The van der Waals surface area contributed by atoms with Gasteiger partial charge in [-0.25, -0.2) is 9.97 Å². The Morgan fingerprint density at radius 3 is 3.06 bits per heavy atom. The second-order valence-corrected chi connectivity index (χ2v) is 4.27. The molecule has 0 amide bonds. The lowest BCUT2D eigenvalue weighted by Crippen LogP contribution is -2.15. The van der Waals surface area contributed by atoms with Crippen LogP contribution >= 0.6 is 11.6 Å². The first-order chi connectivity index (χ1) is 8.15. The number of benzene rings is 1. The highest BCUT2D eigenvalue weighted by molar-refractivity contribution is 6.31. The number of rotatable bonds is 0. The normalized spacial score (nSPS) is 17.0. The van der Waals surface area contributed by atoms with Gasteiger partial charge in [0.1, 0.15) is 11.6 Å². The molecular formula is C12H9ClN2O2. The van der Waals surface area contributed by atoms with Gasteiger partial charge in [-0.05, 0) is 25.1 Å². The SMILES string of the molecule is Cc1ncc2c(n1)-c1cc(Cl)ccc1OC2O. The van der Waals surface area contributed by atoms with Crippen molar-refractivity contribution < 1.29 is 9.84 Å². The zero-order chi connectivity index (χ0) is 12.0. The van der Waals surface area contributed by atoms with Gasteiger partial charge in [0.15, 0.2) is 0 Å². The summed E-state index contributed by atoms with van der Waals surface area (Å²) in [5, 5.41) is 10.4. The molecule has 0 saturated carbocycles. The van der Waals surface area contributed by atoms with E-state index in [0.717, 1.165) is 5.56 Å². The van der Waals surface area contributed by atoms with Crippen LogP contribution in [-0.2, 0) is 0 Å². The van der Waals surface area contributed by atoms with Gasteiger partial charge in [-0.15, -0.1) is 0 Å². The number of halogens is 1. The first kappa shape index (κ1) is 10.5. The van der Waals surface area contributed by atoms with Gasteiger partial charge in [0, 0.05) is 16.8 Å². The molecule has 0 saturated heterocycles. The van der Waals surface area contributed by atoms with Crippen molar-refractivity contribution >= 4 is 11.6 Å². The largest absolute Gasteiger partial charge is 0.460 e. The lowest BCUT2D eigenvalue weighted by molar-refractivity contribution is -0.0219. The smallest absolute Gasteiger partial charge is 0.227 e. The van der Waals surface area contributed by atoms with Crippen LogP contribution in [0.5, 0.6) is 5.75 Å². The van der Waals surface area contributed by atoms with E-state index in [4.69, 9.17) is 16.3 Å². The number of aromatic nitrogens is 2. The molecule has 2 aromatic rings. The Hall–Kier alpha value is -1.65. The summed E-state index contributed by atoms with van der Waals surface area (Å²) in [6.45, 7) is 1.80. The molecule has 17 heavy (non-hydrogen) atoms. The molecule has 1 atom stereocenters. The van der Waals surface area contributed by atoms with Crippen molar-refractivity contribution in [3.63, 3.8) is 0 Å². The standard InChI is InChI=1S/C12H9ClN2O2/c1-6-14-5-9-11(15-6)8-4-7(13)2-3-10(8)17-12(9)16/h2-5,12,16H,1H3. The van der Waals surface area contributed by atoms with Gasteiger partial charge in [-0.3, -0.25) is 0 Å². The van der Waals surface area contributed by atoms with Crippen LogP contribution < -0.4 is 4.74 Å². The first-order valence-corrected chi connectivity index (χ1v) is 5.51. The quantitative estimate of drug-likeness (QED) is 0.778. The number of aliphatic hydroxyl groups excluding tert-OH is 1. The molecule has 2 heterocycles. The maximum atomic E-state index is 9.83. The molecule has 5 heteroatoms. The summed E-state index contributed by atoms with van der Waals surface area (Å²) in [6.07, 6.45) is 0.547. The number of nitrogens with zero attached hydrogens (tertiary/aromatic N) is 2. The topological polar surface area (TPSA) is 55.2 Å². The second-order valence-electron chi connectivity index (χ2n) is 3.83. The summed E-state index contributed by atoms with van der Waals surface area (Å²) in [6, 6.07) is 5.21. The van der Waals surface area contributed by atoms with E-state index in [9.17, 15) is 5.11 Å². The third-order valence-electron chi connectivity index (χ3n) is 2.64. The van der Waals surface area contributed by atoms with E-state index in [1.54, 1.807) is 31.3 Å². The van der Waals surface area contributed by atoms with Gasteiger partial charge in [-0.2, -0.15) is 0 Å². The molecule has 1 N–H and O–H groups in total. The van der Waals surface area contributed by atoms with E-state index >= 15 is 0 Å². The molecule has 0 spiro atoms. The highest BCUT2D eigenvalue weighted by atomic mass is 35.5. The van der Waals surface area contributed by atoms with Crippen molar-refractivity contribution in [2.45, 2.75) is 13.2 Å². The van der Waals surface area contributed by atoms with E-state index in [2.05, 4.69) is 9.97 Å². The summed E-state index contributed by atoms with van der Waals surface area (Å²) in [4.78, 5) is 8.39. The summed E-state index contributed by atoms with van der Waals surface area (Å²) >= 11 is 5.96. The molecule has 0 aliphatic carbocycles. The van der Waals surface area contributed by atoms with Crippen LogP contribution in [0.15, 0.2) is 24.4 Å². The van der Waals surface area contributed by atoms with Gasteiger partial charge in [0.25, 0.3) is 0 Å². The fourth-order valence-corrected chi connectivity index (χ4v) is 2.02. The predicted octanol–water partition coefficient (Wildman–Crippen LogP) is 2.49. The Labute approximate surface area is 103 Å². The monoisotopic (exact) mass is 248 g/mol. The molecule has 1 unspecified atom stereocenters. The number of aliphatic hydroxyl groups is 1. The van der Waals surface area contributed by atoms with Gasteiger partial charge >= 0.3 is 0 Å². The highest BCUT2D eigenvalue weighted by Gasteiger charge is 2.26. The maximum absolute atomic E-state index is 9.83. The fraction of sp³-hybridized carbons (Fsp3) is 0.167. The number of hydrogen-bond donors (Lipinski definition) is 1. The molecular weight excluding hydrogens is 240 g/mol. The van der Waals surface area contributed by atoms with Crippen molar-refractivity contribution in [3.8, 4) is 17.0 Å². The Morgan fingerprint density at radius 2 is 2.24 bits per heavy atom. The van der Waals surface area contributed by atoms with Crippen LogP contribution in [0.25, 0.3) is 11.3 Å². The first-order valence-electron chi connectivity index (χ1n) is 5.13. The van der Waals surface area contributed by atoms with E-state index in [0.29, 0.717) is 27.9 Å². The minimum atomic E-state index is -1.03. The average molecular weight is 249 g/mol. The molecule has 0 fully saturated rings. The number of hydrogen-bond acceptors (Lipinski definition) is 4. The molecule has 0 radical (unpaired) electrons. The lowest BCUT2D eigenvalue weighted by Gasteiger charge is -2.24. The summed E-state index contributed by atoms with van der Waals surface area (Å²) < 4.78 is 5.37.